The fourth-order valence-corrected chi connectivity index (χ4v) is 2.25. The molecule has 0 amide bonds. The highest BCUT2D eigenvalue weighted by Gasteiger charge is 2.09. The molecule has 2 aromatic rings. The van der Waals surface area contributed by atoms with Crippen molar-refractivity contribution in [3.05, 3.63) is 47.0 Å². The zero-order valence-corrected chi connectivity index (χ0v) is 12.4. The van der Waals surface area contributed by atoms with Gasteiger partial charge in [-0.05, 0) is 49.2 Å². The molecule has 0 aliphatic rings. The lowest BCUT2D eigenvalue weighted by Crippen LogP contribution is -2.12. The van der Waals surface area contributed by atoms with Gasteiger partial charge in [-0.1, -0.05) is 20.8 Å². The van der Waals surface area contributed by atoms with E-state index in [-0.39, 0.29) is 5.82 Å². The van der Waals surface area contributed by atoms with Gasteiger partial charge >= 0.3 is 0 Å². The van der Waals surface area contributed by atoms with Gasteiger partial charge < -0.3 is 5.32 Å². The van der Waals surface area contributed by atoms with Crippen molar-refractivity contribution >= 4 is 0 Å². The molecular weight excluding hydrogens is 253 g/mol. The van der Waals surface area contributed by atoms with Crippen LogP contribution in [-0.4, -0.2) is 16.3 Å². The van der Waals surface area contributed by atoms with Crippen molar-refractivity contribution in [2.45, 2.75) is 40.2 Å². The molecule has 1 aromatic carbocycles. The number of benzene rings is 1. The topological polar surface area (TPSA) is 29.9 Å². The van der Waals surface area contributed by atoms with Crippen LogP contribution in [0.15, 0.2) is 24.3 Å². The number of aromatic nitrogens is 2. The smallest absolute Gasteiger partial charge is 0.125 e. The summed E-state index contributed by atoms with van der Waals surface area (Å²) in [6.45, 7) is 7.74. The summed E-state index contributed by atoms with van der Waals surface area (Å²) < 4.78 is 15.7. The fraction of sp³-hybridized carbons (Fsp3) is 0.438. The Bertz CT molecular complexity index is 575. The molecule has 0 saturated heterocycles. The molecule has 0 spiro atoms. The maximum atomic E-state index is 13.8. The van der Waals surface area contributed by atoms with Crippen LogP contribution in [0.2, 0.25) is 0 Å². The van der Waals surface area contributed by atoms with Crippen molar-refractivity contribution in [1.29, 1.82) is 0 Å². The predicted octanol–water partition coefficient (Wildman–Crippen LogP) is 3.25. The van der Waals surface area contributed by atoms with Crippen LogP contribution in [0.4, 0.5) is 4.39 Å². The Hall–Kier alpha value is -1.68. The third-order valence-corrected chi connectivity index (χ3v) is 3.32. The Morgan fingerprint density at radius 1 is 1.10 bits per heavy atom. The number of rotatable bonds is 6. The Morgan fingerprint density at radius 2 is 1.90 bits per heavy atom. The lowest BCUT2D eigenvalue weighted by molar-refractivity contribution is 0.618. The number of nitrogens with one attached hydrogen (secondary N) is 1. The summed E-state index contributed by atoms with van der Waals surface area (Å²) in [5, 5.41) is 7.78. The second-order valence-corrected chi connectivity index (χ2v) is 4.84. The summed E-state index contributed by atoms with van der Waals surface area (Å²) in [5.41, 5.74) is 3.90. The minimum absolute atomic E-state index is 0.217. The van der Waals surface area contributed by atoms with E-state index in [1.54, 1.807) is 12.1 Å². The molecular formula is C16H22FN3. The molecule has 1 heterocycles. The van der Waals surface area contributed by atoms with Crippen LogP contribution >= 0.6 is 0 Å². The van der Waals surface area contributed by atoms with E-state index in [0.717, 1.165) is 42.0 Å². The first-order valence-corrected chi connectivity index (χ1v) is 7.26. The van der Waals surface area contributed by atoms with E-state index < -0.39 is 0 Å². The van der Waals surface area contributed by atoms with Gasteiger partial charge in [0.2, 0.25) is 0 Å². The van der Waals surface area contributed by atoms with Gasteiger partial charge in [-0.2, -0.15) is 5.10 Å². The summed E-state index contributed by atoms with van der Waals surface area (Å²) in [7, 11) is 0. The van der Waals surface area contributed by atoms with Gasteiger partial charge in [-0.3, -0.25) is 0 Å². The third-order valence-electron chi connectivity index (χ3n) is 3.32. The molecule has 4 heteroatoms. The van der Waals surface area contributed by atoms with Crippen LogP contribution in [-0.2, 0) is 19.4 Å². The number of hydrogen-bond donors (Lipinski definition) is 1. The summed E-state index contributed by atoms with van der Waals surface area (Å²) in [4.78, 5) is 0. The second-order valence-electron chi connectivity index (χ2n) is 4.84. The average Bonchev–Trinajstić information content (AvgIpc) is 2.88. The molecule has 0 radical (unpaired) electrons. The zero-order chi connectivity index (χ0) is 14.5. The van der Waals surface area contributed by atoms with E-state index in [2.05, 4.69) is 30.3 Å². The Labute approximate surface area is 119 Å². The van der Waals surface area contributed by atoms with E-state index in [1.807, 2.05) is 17.7 Å². The van der Waals surface area contributed by atoms with Crippen LogP contribution in [0.5, 0.6) is 0 Å². The van der Waals surface area contributed by atoms with Crippen LogP contribution in [0.3, 0.4) is 0 Å². The largest absolute Gasteiger partial charge is 0.313 e. The molecule has 108 valence electrons. The molecule has 1 N–H and O–H groups in total. The zero-order valence-electron chi connectivity index (χ0n) is 12.4. The molecule has 0 unspecified atom stereocenters. The monoisotopic (exact) mass is 275 g/mol. The molecule has 0 saturated carbocycles. The normalized spacial score (nSPS) is 11.0. The number of nitrogens with zero attached hydrogens (tertiary/aromatic N) is 2. The lowest BCUT2D eigenvalue weighted by atomic mass is 10.2. The van der Waals surface area contributed by atoms with E-state index in [9.17, 15) is 4.39 Å². The average molecular weight is 275 g/mol. The number of halogens is 1. The van der Waals surface area contributed by atoms with Crippen molar-refractivity contribution < 1.29 is 4.39 Å². The van der Waals surface area contributed by atoms with Gasteiger partial charge in [0.15, 0.2) is 0 Å². The third kappa shape index (κ3) is 3.25. The Balaban J connectivity index is 2.40. The van der Waals surface area contributed by atoms with Crippen LogP contribution in [0.25, 0.3) is 5.69 Å². The fourth-order valence-electron chi connectivity index (χ4n) is 2.25. The molecule has 0 aliphatic heterocycles. The molecule has 0 atom stereocenters. The summed E-state index contributed by atoms with van der Waals surface area (Å²) in [6.07, 6.45) is 1.77. The van der Waals surface area contributed by atoms with Crippen LogP contribution in [0.1, 0.15) is 37.7 Å². The van der Waals surface area contributed by atoms with Crippen molar-refractivity contribution in [2.24, 2.45) is 0 Å². The maximum absolute atomic E-state index is 13.8. The van der Waals surface area contributed by atoms with E-state index >= 15 is 0 Å². The number of aryl methyl sites for hydroxylation is 2. The first-order valence-electron chi connectivity index (χ1n) is 7.26. The Kier molecular flexibility index (Phi) is 4.90. The molecule has 1 aromatic heterocycles. The van der Waals surface area contributed by atoms with Gasteiger partial charge in [-0.25, -0.2) is 9.07 Å². The molecule has 0 fully saturated rings. The van der Waals surface area contributed by atoms with Crippen LogP contribution in [0, 0.1) is 5.82 Å². The quantitative estimate of drug-likeness (QED) is 0.877. The van der Waals surface area contributed by atoms with Crippen molar-refractivity contribution in [1.82, 2.24) is 15.1 Å². The van der Waals surface area contributed by atoms with Crippen molar-refractivity contribution in [3.63, 3.8) is 0 Å². The van der Waals surface area contributed by atoms with E-state index in [0.29, 0.717) is 6.54 Å². The van der Waals surface area contributed by atoms with Gasteiger partial charge in [0.25, 0.3) is 0 Å². The minimum Gasteiger partial charge on any atom is -0.313 e. The van der Waals surface area contributed by atoms with Gasteiger partial charge in [0.05, 0.1) is 11.4 Å². The van der Waals surface area contributed by atoms with Gasteiger partial charge in [0.1, 0.15) is 5.82 Å². The van der Waals surface area contributed by atoms with Crippen LogP contribution < -0.4 is 5.32 Å². The Morgan fingerprint density at radius 3 is 2.55 bits per heavy atom. The van der Waals surface area contributed by atoms with Crippen molar-refractivity contribution in [2.75, 3.05) is 6.54 Å². The van der Waals surface area contributed by atoms with E-state index in [1.165, 1.54) is 0 Å². The highest BCUT2D eigenvalue weighted by atomic mass is 19.1. The van der Waals surface area contributed by atoms with Crippen molar-refractivity contribution in [3.8, 4) is 5.69 Å². The number of hydrogen-bond acceptors (Lipinski definition) is 2. The highest BCUT2D eigenvalue weighted by Crippen LogP contribution is 2.17. The molecule has 2 rings (SSSR count). The maximum Gasteiger partial charge on any atom is 0.125 e. The summed E-state index contributed by atoms with van der Waals surface area (Å²) in [5.74, 6) is -0.217. The first kappa shape index (κ1) is 14.7. The molecule has 0 aliphatic carbocycles. The van der Waals surface area contributed by atoms with E-state index in [4.69, 9.17) is 0 Å². The molecule has 20 heavy (non-hydrogen) atoms. The standard InChI is InChI=1S/C16H22FN3/c1-4-14-10-15(5-2)20(19-14)16-8-12(11-18-6-3)7-13(17)9-16/h7-10,18H,4-6,11H2,1-3H3. The SMILES string of the molecule is CCNCc1cc(F)cc(-n2nc(CC)cc2CC)c1. The molecule has 0 bridgehead atoms. The van der Waals surface area contributed by atoms with Gasteiger partial charge in [0, 0.05) is 12.2 Å². The summed E-state index contributed by atoms with van der Waals surface area (Å²) in [6, 6.07) is 7.20. The minimum atomic E-state index is -0.217. The predicted molar refractivity (Wildman–Crippen MR) is 79.7 cm³/mol. The lowest BCUT2D eigenvalue weighted by Gasteiger charge is -2.09. The highest BCUT2D eigenvalue weighted by molar-refractivity contribution is 5.38. The summed E-state index contributed by atoms with van der Waals surface area (Å²) >= 11 is 0. The first-order chi connectivity index (χ1) is 9.67. The second kappa shape index (κ2) is 6.66. The van der Waals surface area contributed by atoms with Gasteiger partial charge in [-0.15, -0.1) is 0 Å². The molecule has 3 nitrogen and oxygen atoms in total.